The van der Waals surface area contributed by atoms with E-state index in [-0.39, 0.29) is 29.7 Å². The number of Topliss-reactive ketones (excluding diaryl/α,β-unsaturated/α-hetero) is 1. The summed E-state index contributed by atoms with van der Waals surface area (Å²) in [6.07, 6.45) is -11.5. The molecule has 1 amide bonds. The van der Waals surface area contributed by atoms with Crippen LogP contribution in [0.25, 0.3) is 0 Å². The third-order valence-corrected chi connectivity index (χ3v) is 13.2. The highest BCUT2D eigenvalue weighted by atomic mass is 16.8. The predicted molar refractivity (Wildman–Crippen MR) is 214 cm³/mol. The Morgan fingerprint density at radius 1 is 0.951 bits per heavy atom. The Kier molecular flexibility index (Phi) is 12.4. The second-order valence-corrected chi connectivity index (χ2v) is 19.7. The van der Waals surface area contributed by atoms with E-state index in [0.29, 0.717) is 0 Å². The van der Waals surface area contributed by atoms with Crippen LogP contribution < -0.4 is 5.32 Å². The third kappa shape index (κ3) is 8.14. The third-order valence-electron chi connectivity index (χ3n) is 13.2. The lowest BCUT2D eigenvalue weighted by Crippen LogP contribution is -2.82. The number of carbonyl (C=O) groups is 6. The SMILES string of the molecule is COC(=O)O[C@@]12CO[C@@H]1C[C@H](O)[C@@]1(C)C(=O)[C@H](OC(C)=O)C3=C(C)[C@](C)(OC(=O)[C@H](O)[C@@H](NC(=O)OC(C)(C)C)C(C)(C)C)C[C@@](O)([C@@H](OC(=O)c4ccccc4)C12)C3(C)C. The molecule has 5 rings (SSSR count). The first-order valence-corrected chi connectivity index (χ1v) is 20.3. The monoisotopic (exact) mass is 859 g/mol. The van der Waals surface area contributed by atoms with E-state index in [9.17, 15) is 39.3 Å². The fraction of sp³-hybridized carbons (Fsp3) is 0.682. The Bertz CT molecular complexity index is 1970. The molecule has 1 saturated heterocycles. The summed E-state index contributed by atoms with van der Waals surface area (Å²) in [5.41, 5.74) is -11.9. The van der Waals surface area contributed by atoms with Gasteiger partial charge in [0, 0.05) is 25.2 Å². The van der Waals surface area contributed by atoms with Crippen molar-refractivity contribution in [2.24, 2.45) is 22.2 Å². The van der Waals surface area contributed by atoms with E-state index < -0.39 is 123 Å². The zero-order valence-electron chi connectivity index (χ0n) is 37.2. The number of ketones is 1. The number of aliphatic hydroxyl groups excluding tert-OH is 2. The standard InChI is InChI=1S/C44H61NO16/c1-22-27-29(57-23(2)46)32(49)42(12)25(47)19-26-43(21-56-26,61-37(53)55-13)30(42)33(58-34(50)24-17-15-14-16-18-24)44(54,40(27,9)10)20-41(22,11)59-35(51)28(48)31(38(3,4)5)45-36(52)60-39(6,7)8/h14-18,25-26,28-31,33,47-48,54H,19-21H2,1-13H3,(H,45,52)/t25-,26+,28+,29+,30?,31+,33-,41+,42+,43-,44+/m0/s1. The molecule has 0 spiro atoms. The molecule has 338 valence electrons. The first kappa shape index (κ1) is 47.5. The molecule has 1 aliphatic heterocycles. The van der Waals surface area contributed by atoms with E-state index in [1.54, 1.807) is 73.6 Å². The quantitative estimate of drug-likeness (QED) is 0.163. The van der Waals surface area contributed by atoms with E-state index in [0.717, 1.165) is 14.0 Å². The number of nitrogens with one attached hydrogen (secondary N) is 1. The summed E-state index contributed by atoms with van der Waals surface area (Å²) in [5, 5.41) is 40.1. The number of hydrogen-bond donors (Lipinski definition) is 4. The maximum Gasteiger partial charge on any atom is 0.508 e. The van der Waals surface area contributed by atoms with Gasteiger partial charge in [-0.15, -0.1) is 0 Å². The highest BCUT2D eigenvalue weighted by Crippen LogP contribution is 2.65. The number of aliphatic hydroxyl groups is 3. The number of ether oxygens (including phenoxy) is 7. The molecule has 1 heterocycles. The molecule has 17 nitrogen and oxygen atoms in total. The summed E-state index contributed by atoms with van der Waals surface area (Å²) >= 11 is 0. The molecule has 0 aromatic heterocycles. The van der Waals surface area contributed by atoms with Crippen LogP contribution in [0.15, 0.2) is 41.5 Å². The minimum Gasteiger partial charge on any atom is -0.455 e. The first-order valence-electron chi connectivity index (χ1n) is 20.3. The number of esters is 3. The topological polar surface area (TPSA) is 240 Å². The largest absolute Gasteiger partial charge is 0.508 e. The summed E-state index contributed by atoms with van der Waals surface area (Å²) in [6.45, 7) is 18.0. The molecule has 3 aliphatic carbocycles. The van der Waals surface area contributed by atoms with Crippen molar-refractivity contribution in [3.05, 3.63) is 47.0 Å². The Balaban J connectivity index is 1.78. The van der Waals surface area contributed by atoms with Gasteiger partial charge in [0.15, 0.2) is 23.6 Å². The Labute approximate surface area is 355 Å². The van der Waals surface area contributed by atoms with Crippen molar-refractivity contribution in [1.29, 1.82) is 0 Å². The number of benzene rings is 1. The summed E-state index contributed by atoms with van der Waals surface area (Å²) in [7, 11) is 1.07. The summed E-state index contributed by atoms with van der Waals surface area (Å²) in [4.78, 5) is 83.3. The molecule has 2 bridgehead atoms. The number of amides is 1. The van der Waals surface area contributed by atoms with Crippen molar-refractivity contribution >= 4 is 35.9 Å². The maximum atomic E-state index is 15.6. The van der Waals surface area contributed by atoms with Gasteiger partial charge in [0.2, 0.25) is 0 Å². The van der Waals surface area contributed by atoms with E-state index in [1.165, 1.54) is 32.9 Å². The maximum absolute atomic E-state index is 15.6. The van der Waals surface area contributed by atoms with Gasteiger partial charge in [-0.25, -0.2) is 19.2 Å². The van der Waals surface area contributed by atoms with Gasteiger partial charge < -0.3 is 53.8 Å². The summed E-state index contributed by atoms with van der Waals surface area (Å²) < 4.78 is 40.6. The molecule has 1 aromatic carbocycles. The molecule has 4 aliphatic rings. The predicted octanol–water partition coefficient (Wildman–Crippen LogP) is 4.11. The molecule has 11 atom stereocenters. The lowest BCUT2D eigenvalue weighted by atomic mass is 9.44. The number of fused-ring (bicyclic) bond motifs is 5. The van der Waals surface area contributed by atoms with Crippen LogP contribution in [0.4, 0.5) is 9.59 Å². The van der Waals surface area contributed by atoms with Crippen LogP contribution in [0.3, 0.4) is 0 Å². The van der Waals surface area contributed by atoms with Gasteiger partial charge in [0.25, 0.3) is 0 Å². The average Bonchev–Trinajstić information content (AvgIpc) is 3.13. The van der Waals surface area contributed by atoms with Gasteiger partial charge in [-0.05, 0) is 70.2 Å². The highest BCUT2D eigenvalue weighted by Gasteiger charge is 2.79. The van der Waals surface area contributed by atoms with Gasteiger partial charge >= 0.3 is 30.2 Å². The molecule has 4 N–H and O–H groups in total. The van der Waals surface area contributed by atoms with E-state index in [1.807, 2.05) is 0 Å². The lowest BCUT2D eigenvalue weighted by molar-refractivity contribution is -0.345. The van der Waals surface area contributed by atoms with Crippen LogP contribution in [0.5, 0.6) is 0 Å². The number of methoxy groups -OCH3 is 1. The summed E-state index contributed by atoms with van der Waals surface area (Å²) in [6, 6.07) is 6.49. The minimum absolute atomic E-state index is 0.0342. The molecule has 0 radical (unpaired) electrons. The molecule has 3 fully saturated rings. The molecule has 61 heavy (non-hydrogen) atoms. The van der Waals surface area contributed by atoms with E-state index in [4.69, 9.17) is 33.2 Å². The highest BCUT2D eigenvalue weighted by molar-refractivity contribution is 5.95. The number of alkyl carbamates (subject to hydrolysis) is 1. The van der Waals surface area contributed by atoms with Gasteiger partial charge in [0.1, 0.15) is 29.0 Å². The first-order chi connectivity index (χ1) is 27.9. The molecule has 1 aromatic rings. The Hall–Kier alpha value is -4.58. The fourth-order valence-electron chi connectivity index (χ4n) is 9.79. The molecule has 17 heteroatoms. The molecule has 1 unspecified atom stereocenters. The van der Waals surface area contributed by atoms with Crippen LogP contribution in [0, 0.1) is 22.2 Å². The molecular formula is C44H61NO16. The van der Waals surface area contributed by atoms with Crippen LogP contribution in [-0.4, -0.2) is 124 Å². The normalized spacial score (nSPS) is 34.0. The van der Waals surface area contributed by atoms with Crippen molar-refractivity contribution in [1.82, 2.24) is 5.32 Å². The minimum atomic E-state index is -2.46. The van der Waals surface area contributed by atoms with Crippen molar-refractivity contribution < 1.29 is 77.2 Å². The molecular weight excluding hydrogens is 798 g/mol. The second kappa shape index (κ2) is 16.0. The van der Waals surface area contributed by atoms with Crippen LogP contribution in [0.1, 0.15) is 106 Å². The Morgan fingerprint density at radius 2 is 1.56 bits per heavy atom. The zero-order chi connectivity index (χ0) is 46.1. The molecule has 2 saturated carbocycles. The summed E-state index contributed by atoms with van der Waals surface area (Å²) in [5.74, 6) is -5.66. The van der Waals surface area contributed by atoms with E-state index in [2.05, 4.69) is 5.32 Å². The zero-order valence-corrected chi connectivity index (χ0v) is 37.2. The van der Waals surface area contributed by atoms with Crippen molar-refractivity contribution in [3.63, 3.8) is 0 Å². The number of rotatable bonds is 8. The smallest absolute Gasteiger partial charge is 0.455 e. The van der Waals surface area contributed by atoms with Crippen LogP contribution >= 0.6 is 0 Å². The number of hydrogen-bond acceptors (Lipinski definition) is 16. The second-order valence-electron chi connectivity index (χ2n) is 19.7. The van der Waals surface area contributed by atoms with Gasteiger partial charge in [-0.2, -0.15) is 0 Å². The number of carbonyl (C=O) groups excluding carboxylic acids is 6. The van der Waals surface area contributed by atoms with Crippen molar-refractivity contribution in [2.45, 2.75) is 155 Å². The van der Waals surface area contributed by atoms with Gasteiger partial charge in [-0.3, -0.25) is 9.59 Å². The van der Waals surface area contributed by atoms with Crippen LogP contribution in [-0.2, 0) is 47.5 Å². The van der Waals surface area contributed by atoms with E-state index >= 15 is 4.79 Å². The van der Waals surface area contributed by atoms with Crippen molar-refractivity contribution in [2.75, 3.05) is 13.7 Å². The lowest BCUT2D eigenvalue weighted by Gasteiger charge is -2.67. The van der Waals surface area contributed by atoms with Crippen molar-refractivity contribution in [3.8, 4) is 0 Å². The Morgan fingerprint density at radius 3 is 2.07 bits per heavy atom. The average molecular weight is 860 g/mol. The fourth-order valence-corrected chi connectivity index (χ4v) is 9.79. The van der Waals surface area contributed by atoms with Crippen LogP contribution in [0.2, 0.25) is 0 Å². The van der Waals surface area contributed by atoms with Gasteiger partial charge in [0.05, 0.1) is 42.8 Å². The van der Waals surface area contributed by atoms with Gasteiger partial charge in [-0.1, -0.05) is 52.8 Å².